The van der Waals surface area contributed by atoms with Gasteiger partial charge in [0.1, 0.15) is 0 Å². The van der Waals surface area contributed by atoms with Crippen LogP contribution in [-0.4, -0.2) is 19.6 Å². The first kappa shape index (κ1) is 24.1. The van der Waals surface area contributed by atoms with Gasteiger partial charge in [-0.15, -0.1) is 0 Å². The molecule has 0 aromatic heterocycles. The first-order valence-electron chi connectivity index (χ1n) is 7.80. The number of alkyl halides is 4. The predicted molar refractivity (Wildman–Crippen MR) is 99.8 cm³/mol. The third kappa shape index (κ3) is 5.49. The summed E-state index contributed by atoms with van der Waals surface area (Å²) in [4.78, 5) is 34.9. The van der Waals surface area contributed by atoms with Gasteiger partial charge in [-0.2, -0.15) is 29.3 Å². The molecule has 0 fully saturated rings. The van der Waals surface area contributed by atoms with Gasteiger partial charge in [-0.25, -0.2) is 0 Å². The fraction of sp³-hybridized carbons (Fsp3) is 0.250. The van der Waals surface area contributed by atoms with E-state index in [4.69, 9.17) is 19.6 Å². The van der Waals surface area contributed by atoms with Gasteiger partial charge in [0.15, 0.2) is 0 Å². The van der Waals surface area contributed by atoms with Crippen LogP contribution >= 0.6 is 27.0 Å². The van der Waals surface area contributed by atoms with Crippen LogP contribution in [0.1, 0.15) is 22.3 Å². The Morgan fingerprint density at radius 2 is 0.931 bits per heavy atom. The van der Waals surface area contributed by atoms with Gasteiger partial charge in [-0.1, -0.05) is 48.5 Å². The SMILES string of the molecule is O=P(O)(O)C(F)(F)c1ccc(CSCc2ccc(C(F)(F)P(=O)(O)O)cc2)cc1. The van der Waals surface area contributed by atoms with Crippen molar-refractivity contribution < 1.29 is 46.3 Å². The molecular weight excluding hydrogens is 458 g/mol. The van der Waals surface area contributed by atoms with Gasteiger partial charge >= 0.3 is 26.5 Å². The van der Waals surface area contributed by atoms with Crippen molar-refractivity contribution in [2.75, 3.05) is 0 Å². The maximum atomic E-state index is 13.6. The summed E-state index contributed by atoms with van der Waals surface area (Å²) in [6, 6.07) is 8.90. The van der Waals surface area contributed by atoms with Crippen molar-refractivity contribution in [2.45, 2.75) is 22.8 Å². The van der Waals surface area contributed by atoms with Crippen LogP contribution in [0.25, 0.3) is 0 Å². The van der Waals surface area contributed by atoms with E-state index in [1.807, 2.05) is 0 Å². The molecule has 0 saturated heterocycles. The van der Waals surface area contributed by atoms with Crippen molar-refractivity contribution >= 4 is 27.0 Å². The molecule has 2 aromatic carbocycles. The Balaban J connectivity index is 1.97. The molecule has 0 saturated carbocycles. The van der Waals surface area contributed by atoms with Crippen molar-refractivity contribution in [2.24, 2.45) is 0 Å². The number of hydrogen-bond donors (Lipinski definition) is 4. The van der Waals surface area contributed by atoms with Crippen molar-refractivity contribution in [3.63, 3.8) is 0 Å². The average Bonchev–Trinajstić information content (AvgIpc) is 2.61. The highest BCUT2D eigenvalue weighted by Gasteiger charge is 2.51. The van der Waals surface area contributed by atoms with Crippen molar-refractivity contribution in [1.82, 2.24) is 0 Å². The van der Waals surface area contributed by atoms with Gasteiger partial charge in [0.2, 0.25) is 0 Å². The van der Waals surface area contributed by atoms with Crippen molar-refractivity contribution in [3.05, 3.63) is 70.8 Å². The van der Waals surface area contributed by atoms with E-state index in [1.54, 1.807) is 0 Å². The Kier molecular flexibility index (Phi) is 7.07. The number of thioether (sulfide) groups is 1. The highest BCUT2D eigenvalue weighted by Crippen LogP contribution is 2.60. The van der Waals surface area contributed by atoms with Gasteiger partial charge in [-0.05, 0) is 11.1 Å². The lowest BCUT2D eigenvalue weighted by atomic mass is 10.1. The van der Waals surface area contributed by atoms with Crippen LogP contribution in [0.4, 0.5) is 17.6 Å². The third-order valence-corrected chi connectivity index (χ3v) is 6.93. The molecule has 4 N–H and O–H groups in total. The van der Waals surface area contributed by atoms with Gasteiger partial charge in [-0.3, -0.25) is 9.13 Å². The summed E-state index contributed by atoms with van der Waals surface area (Å²) in [6.45, 7) is 0. The zero-order valence-corrected chi connectivity index (χ0v) is 17.1. The lowest BCUT2D eigenvalue weighted by Crippen LogP contribution is -2.13. The van der Waals surface area contributed by atoms with Crippen LogP contribution in [0.5, 0.6) is 0 Å². The van der Waals surface area contributed by atoms with Crippen LogP contribution in [-0.2, 0) is 32.0 Å². The maximum absolute atomic E-state index is 13.6. The number of rotatable bonds is 8. The van der Waals surface area contributed by atoms with E-state index in [-0.39, 0.29) is 0 Å². The minimum absolute atomic E-state index is 0.349. The molecule has 0 amide bonds. The smallest absolute Gasteiger partial charge is 0.320 e. The lowest BCUT2D eigenvalue weighted by Gasteiger charge is -2.18. The molecule has 0 radical (unpaired) electrons. The van der Waals surface area contributed by atoms with Crippen LogP contribution in [0.2, 0.25) is 0 Å². The second kappa shape index (κ2) is 8.51. The topological polar surface area (TPSA) is 115 Å². The molecule has 2 aromatic rings. The maximum Gasteiger partial charge on any atom is 0.399 e. The highest BCUT2D eigenvalue weighted by atomic mass is 32.2. The monoisotopic (exact) mass is 474 g/mol. The van der Waals surface area contributed by atoms with Crippen molar-refractivity contribution in [3.8, 4) is 0 Å². The zero-order chi connectivity index (χ0) is 22.1. The summed E-state index contributed by atoms with van der Waals surface area (Å²) < 4.78 is 76.1. The minimum Gasteiger partial charge on any atom is -0.320 e. The highest BCUT2D eigenvalue weighted by molar-refractivity contribution is 7.97. The van der Waals surface area contributed by atoms with Gasteiger partial charge in [0.25, 0.3) is 0 Å². The first-order chi connectivity index (χ1) is 13.2. The summed E-state index contributed by atoms with van der Waals surface area (Å²) in [7, 11) is -11.3. The van der Waals surface area contributed by atoms with Gasteiger partial charge in [0.05, 0.1) is 0 Å². The summed E-state index contributed by atoms with van der Waals surface area (Å²) in [5.74, 6) is 0.699. The molecule has 2 rings (SSSR count). The van der Waals surface area contributed by atoms with E-state index >= 15 is 0 Å². The van der Waals surface area contributed by atoms with Gasteiger partial charge < -0.3 is 19.6 Å². The van der Waals surface area contributed by atoms with E-state index in [2.05, 4.69) is 0 Å². The average molecular weight is 474 g/mol. The van der Waals surface area contributed by atoms with Gasteiger partial charge in [0, 0.05) is 22.6 Å². The van der Waals surface area contributed by atoms with E-state index in [9.17, 15) is 26.7 Å². The van der Waals surface area contributed by atoms with Crippen molar-refractivity contribution in [1.29, 1.82) is 0 Å². The fourth-order valence-electron chi connectivity index (χ4n) is 2.23. The normalized spacial score (nSPS) is 13.5. The first-order valence-corrected chi connectivity index (χ1v) is 12.2. The molecule has 0 atom stereocenters. The standard InChI is InChI=1S/C16H16F4O6P2S/c17-15(18,27(21,22)23)13-5-1-11(2-6-13)9-29-10-12-3-7-14(8-4-12)16(19,20)28(24,25)26/h1-8H,9-10H2,(H2,21,22,23)(H2,24,25,26). The Hall–Kier alpha value is -1.19. The van der Waals surface area contributed by atoms with Crippen LogP contribution in [0, 0.1) is 0 Å². The molecule has 0 aliphatic heterocycles. The van der Waals surface area contributed by atoms with Crippen LogP contribution in [0.3, 0.4) is 0 Å². The summed E-state index contributed by atoms with van der Waals surface area (Å²) in [5.41, 5.74) is -8.97. The Morgan fingerprint density at radius 3 is 1.17 bits per heavy atom. The zero-order valence-electron chi connectivity index (χ0n) is 14.5. The minimum atomic E-state index is -5.63. The van der Waals surface area contributed by atoms with E-state index in [1.165, 1.54) is 36.0 Å². The molecule has 160 valence electrons. The van der Waals surface area contributed by atoms with E-state index in [0.29, 0.717) is 22.6 Å². The number of halogens is 4. The molecule has 0 heterocycles. The molecule has 13 heteroatoms. The lowest BCUT2D eigenvalue weighted by molar-refractivity contribution is 0.0564. The van der Waals surface area contributed by atoms with E-state index in [0.717, 1.165) is 24.3 Å². The molecule has 0 aliphatic carbocycles. The molecule has 0 bridgehead atoms. The number of hydrogen-bond acceptors (Lipinski definition) is 3. The molecular formula is C16H16F4O6P2S. The summed E-state index contributed by atoms with van der Waals surface area (Å²) in [5, 5.41) is 0. The summed E-state index contributed by atoms with van der Waals surface area (Å²) >= 11 is 1.32. The fourth-order valence-corrected chi connectivity index (χ4v) is 4.16. The molecule has 0 spiro atoms. The Morgan fingerprint density at radius 1 is 0.655 bits per heavy atom. The second-order valence-electron chi connectivity index (χ2n) is 6.06. The molecule has 6 nitrogen and oxygen atoms in total. The largest absolute Gasteiger partial charge is 0.399 e. The quantitative estimate of drug-likeness (QED) is 0.327. The Bertz CT molecular complexity index is 863. The molecule has 29 heavy (non-hydrogen) atoms. The van der Waals surface area contributed by atoms with Crippen LogP contribution in [0.15, 0.2) is 48.5 Å². The third-order valence-electron chi connectivity index (χ3n) is 3.87. The van der Waals surface area contributed by atoms with E-state index < -0.39 is 37.6 Å². The Labute approximate surface area is 167 Å². The molecule has 0 unspecified atom stereocenters. The predicted octanol–water partition coefficient (Wildman–Crippen LogP) is 4.57. The van der Waals surface area contributed by atoms with Crippen LogP contribution < -0.4 is 0 Å². The number of benzene rings is 2. The summed E-state index contributed by atoms with van der Waals surface area (Å²) in [6.07, 6.45) is 0. The second-order valence-corrected chi connectivity index (χ2v) is 10.3. The molecule has 0 aliphatic rings.